The van der Waals surface area contributed by atoms with Crippen LogP contribution in [0.5, 0.6) is 0 Å². The van der Waals surface area contributed by atoms with Gasteiger partial charge < -0.3 is 20.9 Å². The van der Waals surface area contributed by atoms with E-state index in [1.165, 1.54) is 5.56 Å². The van der Waals surface area contributed by atoms with Crippen LogP contribution in [0.15, 0.2) is 29.3 Å². The molecule has 1 aliphatic rings. The first-order valence-electron chi connectivity index (χ1n) is 9.75. The molecule has 1 atom stereocenters. The summed E-state index contributed by atoms with van der Waals surface area (Å²) in [5.74, 6) is 0.881. The minimum atomic E-state index is 0. The van der Waals surface area contributed by atoms with E-state index in [1.54, 1.807) is 14.1 Å². The van der Waals surface area contributed by atoms with Crippen molar-refractivity contribution in [2.24, 2.45) is 4.99 Å². The monoisotopic (exact) mass is 536 g/mol. The number of hydrogen-bond acceptors (Lipinski definition) is 4. The fraction of sp³-hybridized carbons (Fsp3) is 0.600. The topological polar surface area (TPSA) is 72.0 Å². The molecule has 0 radical (unpaired) electrons. The quantitative estimate of drug-likeness (QED) is 0.282. The summed E-state index contributed by atoms with van der Waals surface area (Å²) in [7, 11) is 7.61. The lowest BCUT2D eigenvalue weighted by Crippen LogP contribution is -2.50. The largest absolute Gasteiger partial charge is 0.358 e. The van der Waals surface area contributed by atoms with Crippen LogP contribution >= 0.6 is 35.6 Å². The number of hydrogen-bond donors (Lipinski definition) is 3. The van der Waals surface area contributed by atoms with Crippen LogP contribution in [0.1, 0.15) is 24.4 Å². The third-order valence-electron chi connectivity index (χ3n) is 5.14. The Bertz CT molecular complexity index is 647. The molecule has 0 saturated carbocycles. The highest BCUT2D eigenvalue weighted by Crippen LogP contribution is 2.19. The number of piperidine rings is 1. The maximum Gasteiger partial charge on any atom is 0.233 e. The number of likely N-dealkylation sites (tertiary alicyclic amines) is 1. The van der Waals surface area contributed by atoms with E-state index in [1.807, 2.05) is 12.1 Å². The Hall–Kier alpha value is -1.10. The van der Waals surface area contributed by atoms with Gasteiger partial charge in [-0.05, 0) is 44.6 Å². The van der Waals surface area contributed by atoms with Gasteiger partial charge in [-0.3, -0.25) is 14.7 Å². The summed E-state index contributed by atoms with van der Waals surface area (Å²) in [4.78, 5) is 20.3. The zero-order valence-electron chi connectivity index (χ0n) is 17.7. The minimum Gasteiger partial charge on any atom is -0.358 e. The van der Waals surface area contributed by atoms with E-state index >= 15 is 0 Å². The smallest absolute Gasteiger partial charge is 0.233 e. The second-order valence-corrected chi connectivity index (χ2v) is 7.79. The van der Waals surface area contributed by atoms with E-state index in [0.29, 0.717) is 12.6 Å². The van der Waals surface area contributed by atoms with Crippen LogP contribution in [0.4, 0.5) is 0 Å². The molecule has 0 aromatic heterocycles. The fourth-order valence-corrected chi connectivity index (χ4v) is 3.51. The lowest BCUT2D eigenvalue weighted by Gasteiger charge is -2.33. The number of aliphatic imine (C=N–C) groups is 1. The molecule has 1 saturated heterocycles. The Morgan fingerprint density at radius 1 is 1.28 bits per heavy atom. The van der Waals surface area contributed by atoms with E-state index in [9.17, 15) is 4.79 Å². The van der Waals surface area contributed by atoms with Crippen LogP contribution in [0.25, 0.3) is 0 Å². The van der Waals surface area contributed by atoms with Crippen LogP contribution in [-0.4, -0.2) is 82.1 Å². The van der Waals surface area contributed by atoms with Crippen molar-refractivity contribution in [3.63, 3.8) is 0 Å². The van der Waals surface area contributed by atoms with E-state index in [-0.39, 0.29) is 35.9 Å². The van der Waals surface area contributed by atoms with Gasteiger partial charge in [-0.1, -0.05) is 23.7 Å². The van der Waals surface area contributed by atoms with Crippen molar-refractivity contribution in [2.75, 3.05) is 54.4 Å². The summed E-state index contributed by atoms with van der Waals surface area (Å²) in [5, 5.41) is 10.4. The van der Waals surface area contributed by atoms with Crippen molar-refractivity contribution in [2.45, 2.75) is 24.9 Å². The molecular weight excluding hydrogens is 503 g/mol. The van der Waals surface area contributed by atoms with E-state index < -0.39 is 0 Å². The standard InChI is InChI=1S/C20H33ClN6O.HI/c1-22-19(28)14-27-11-9-17(10-12-27)25-20(23-2)24-13-18(26(3)4)15-5-7-16(21)8-6-15;/h5-8,17-18H,9-14H2,1-4H3,(H,22,28)(H2,23,24,25);1H. The molecule has 1 fully saturated rings. The second-order valence-electron chi connectivity index (χ2n) is 7.35. The summed E-state index contributed by atoms with van der Waals surface area (Å²) in [5.41, 5.74) is 1.21. The molecule has 0 spiro atoms. The van der Waals surface area contributed by atoms with E-state index in [0.717, 1.165) is 43.5 Å². The van der Waals surface area contributed by atoms with Crippen LogP contribution in [0, 0.1) is 0 Å². The highest BCUT2D eigenvalue weighted by atomic mass is 127. The predicted molar refractivity (Wildman–Crippen MR) is 131 cm³/mol. The molecule has 1 heterocycles. The lowest BCUT2D eigenvalue weighted by atomic mass is 10.0. The fourth-order valence-electron chi connectivity index (χ4n) is 3.38. The zero-order valence-corrected chi connectivity index (χ0v) is 20.8. The lowest BCUT2D eigenvalue weighted by molar-refractivity contribution is -0.122. The number of carbonyl (C=O) groups is 1. The van der Waals surface area contributed by atoms with Gasteiger partial charge in [0, 0.05) is 44.8 Å². The number of benzene rings is 1. The highest BCUT2D eigenvalue weighted by Gasteiger charge is 2.22. The van der Waals surface area contributed by atoms with Crippen molar-refractivity contribution in [1.82, 2.24) is 25.8 Å². The van der Waals surface area contributed by atoms with Gasteiger partial charge in [0.05, 0.1) is 12.6 Å². The van der Waals surface area contributed by atoms with Crippen LogP contribution in [-0.2, 0) is 4.79 Å². The Labute approximate surface area is 196 Å². The summed E-state index contributed by atoms with van der Waals surface area (Å²) >= 11 is 6.02. The molecule has 3 N–H and O–H groups in total. The first-order valence-corrected chi connectivity index (χ1v) is 10.1. The summed E-state index contributed by atoms with van der Waals surface area (Å²) in [6, 6.07) is 8.55. The molecule has 1 unspecified atom stereocenters. The van der Waals surface area contributed by atoms with Gasteiger partial charge in [0.15, 0.2) is 5.96 Å². The molecule has 1 aromatic carbocycles. The minimum absolute atomic E-state index is 0. The Morgan fingerprint density at radius 3 is 2.41 bits per heavy atom. The van der Waals surface area contributed by atoms with Gasteiger partial charge in [-0.2, -0.15) is 0 Å². The number of likely N-dealkylation sites (N-methyl/N-ethyl adjacent to an activating group) is 2. The molecular formula is C20H34ClIN6O. The van der Waals surface area contributed by atoms with E-state index in [4.69, 9.17) is 11.6 Å². The maximum atomic E-state index is 11.5. The number of nitrogens with one attached hydrogen (secondary N) is 3. The average molecular weight is 537 g/mol. The van der Waals surface area contributed by atoms with Crippen molar-refractivity contribution in [3.8, 4) is 0 Å². The SMILES string of the molecule is CN=C(NCC(c1ccc(Cl)cc1)N(C)C)NC1CCN(CC(=O)NC)CC1.I. The average Bonchev–Trinajstić information content (AvgIpc) is 2.69. The third-order valence-corrected chi connectivity index (χ3v) is 5.39. The van der Waals surface area contributed by atoms with Gasteiger partial charge >= 0.3 is 0 Å². The summed E-state index contributed by atoms with van der Waals surface area (Å²) in [6.45, 7) is 3.03. The molecule has 29 heavy (non-hydrogen) atoms. The molecule has 2 rings (SSSR count). The molecule has 9 heteroatoms. The molecule has 0 bridgehead atoms. The number of carbonyl (C=O) groups excluding carboxylic acids is 1. The molecule has 1 aliphatic heterocycles. The Balaban J connectivity index is 0.00000420. The summed E-state index contributed by atoms with van der Waals surface area (Å²) < 4.78 is 0. The van der Waals surface area contributed by atoms with E-state index in [2.05, 4.69) is 57.0 Å². The third kappa shape index (κ3) is 8.65. The van der Waals surface area contributed by atoms with Gasteiger partial charge in [-0.15, -0.1) is 24.0 Å². The number of guanidine groups is 1. The van der Waals surface area contributed by atoms with Crippen molar-refractivity contribution in [1.29, 1.82) is 0 Å². The van der Waals surface area contributed by atoms with Crippen molar-refractivity contribution >= 4 is 47.4 Å². The predicted octanol–water partition coefficient (Wildman–Crippen LogP) is 1.94. The highest BCUT2D eigenvalue weighted by molar-refractivity contribution is 14.0. The van der Waals surface area contributed by atoms with Gasteiger partial charge in [0.2, 0.25) is 5.91 Å². The van der Waals surface area contributed by atoms with Crippen LogP contribution in [0.2, 0.25) is 5.02 Å². The van der Waals surface area contributed by atoms with Crippen molar-refractivity contribution < 1.29 is 4.79 Å². The number of amides is 1. The number of nitrogens with zero attached hydrogens (tertiary/aromatic N) is 3. The molecule has 164 valence electrons. The second kappa shape index (κ2) is 13.3. The molecule has 1 aromatic rings. The molecule has 1 amide bonds. The Morgan fingerprint density at radius 2 is 1.90 bits per heavy atom. The van der Waals surface area contributed by atoms with Gasteiger partial charge in [0.1, 0.15) is 0 Å². The van der Waals surface area contributed by atoms with Gasteiger partial charge in [0.25, 0.3) is 0 Å². The first-order chi connectivity index (χ1) is 13.4. The molecule has 7 nitrogen and oxygen atoms in total. The van der Waals surface area contributed by atoms with Gasteiger partial charge in [-0.25, -0.2) is 0 Å². The van der Waals surface area contributed by atoms with Crippen molar-refractivity contribution in [3.05, 3.63) is 34.9 Å². The number of halogens is 2. The zero-order chi connectivity index (χ0) is 20.5. The Kier molecular flexibility index (Phi) is 11.9. The molecule has 0 aliphatic carbocycles. The van der Waals surface area contributed by atoms with Crippen LogP contribution < -0.4 is 16.0 Å². The normalized spacial score (nSPS) is 16.8. The summed E-state index contributed by atoms with van der Waals surface area (Å²) in [6.07, 6.45) is 1.98. The maximum absolute atomic E-state index is 11.5. The first kappa shape index (κ1) is 25.9. The van der Waals surface area contributed by atoms with Crippen LogP contribution in [0.3, 0.4) is 0 Å². The number of rotatable bonds is 7.